The number of aryl methyl sites for hydroxylation is 3. The van der Waals surface area contributed by atoms with Crippen molar-refractivity contribution >= 4 is 11.2 Å². The molecule has 3 rings (SSSR count). The van der Waals surface area contributed by atoms with Crippen LogP contribution >= 0.6 is 0 Å². The van der Waals surface area contributed by atoms with E-state index in [-0.39, 0.29) is 11.2 Å². The van der Waals surface area contributed by atoms with E-state index in [9.17, 15) is 9.59 Å². The van der Waals surface area contributed by atoms with Gasteiger partial charge in [0.1, 0.15) is 11.5 Å². The quantitative estimate of drug-likeness (QED) is 0.607. The minimum absolute atomic E-state index is 0.252. The Balaban J connectivity index is 2.68. The van der Waals surface area contributed by atoms with Gasteiger partial charge in [0.15, 0.2) is 5.52 Å². The van der Waals surface area contributed by atoms with Crippen molar-refractivity contribution in [3.8, 4) is 0 Å². The van der Waals surface area contributed by atoms with Crippen LogP contribution in [0, 0.1) is 6.92 Å². The zero-order chi connectivity index (χ0) is 11.4. The van der Waals surface area contributed by atoms with E-state index in [1.54, 1.807) is 4.57 Å². The van der Waals surface area contributed by atoms with Gasteiger partial charge in [-0.05, 0) is 13.3 Å². The molecule has 0 aliphatic carbocycles. The average molecular weight is 220 g/mol. The van der Waals surface area contributed by atoms with Crippen molar-refractivity contribution in [1.82, 2.24) is 18.7 Å². The van der Waals surface area contributed by atoms with Crippen LogP contribution in [-0.2, 0) is 20.1 Å². The lowest BCUT2D eigenvalue weighted by Gasteiger charge is -2.17. The molecule has 0 aromatic carbocycles. The standard InChI is InChI=1S/C10H12N4O2/c1-6-11-7-8-13(6)4-3-5-14(8)10(16)12(2)9(7)15/h3-5H2,1-2H3. The second kappa shape index (κ2) is 2.84. The summed E-state index contributed by atoms with van der Waals surface area (Å²) in [7, 11) is 1.50. The van der Waals surface area contributed by atoms with Crippen LogP contribution < -0.4 is 11.2 Å². The Labute approximate surface area is 90.8 Å². The van der Waals surface area contributed by atoms with E-state index in [1.165, 1.54) is 7.05 Å². The largest absolute Gasteiger partial charge is 0.332 e. The van der Waals surface area contributed by atoms with Gasteiger partial charge in [0, 0.05) is 20.1 Å². The molecule has 3 heterocycles. The second-order valence-corrected chi connectivity index (χ2v) is 4.13. The van der Waals surface area contributed by atoms with Gasteiger partial charge in [-0.1, -0.05) is 0 Å². The Hall–Kier alpha value is -1.85. The maximum atomic E-state index is 11.9. The van der Waals surface area contributed by atoms with Crippen molar-refractivity contribution in [2.75, 3.05) is 0 Å². The van der Waals surface area contributed by atoms with Gasteiger partial charge < -0.3 is 4.57 Å². The van der Waals surface area contributed by atoms with Crippen LogP contribution in [0.15, 0.2) is 9.59 Å². The van der Waals surface area contributed by atoms with Gasteiger partial charge in [0.05, 0.1) is 0 Å². The molecule has 6 heteroatoms. The van der Waals surface area contributed by atoms with Crippen LogP contribution in [0.25, 0.3) is 11.2 Å². The first-order valence-electron chi connectivity index (χ1n) is 5.28. The summed E-state index contributed by atoms with van der Waals surface area (Å²) in [6.07, 6.45) is 0.900. The molecule has 84 valence electrons. The molecule has 0 bridgehead atoms. The molecule has 1 aliphatic heterocycles. The highest BCUT2D eigenvalue weighted by Crippen LogP contribution is 2.16. The molecule has 0 spiro atoms. The fraction of sp³-hybridized carbons (Fsp3) is 0.500. The maximum absolute atomic E-state index is 11.9. The van der Waals surface area contributed by atoms with Crippen LogP contribution in [0.5, 0.6) is 0 Å². The molecule has 2 aromatic heterocycles. The smallest absolute Gasteiger partial charge is 0.314 e. The molecule has 0 fully saturated rings. The monoisotopic (exact) mass is 220 g/mol. The van der Waals surface area contributed by atoms with Crippen LogP contribution in [0.3, 0.4) is 0 Å². The van der Waals surface area contributed by atoms with Gasteiger partial charge in [-0.25, -0.2) is 9.78 Å². The minimum Gasteiger partial charge on any atom is -0.314 e. The first kappa shape index (κ1) is 9.38. The highest BCUT2D eigenvalue weighted by atomic mass is 16.2. The summed E-state index contributed by atoms with van der Waals surface area (Å²) in [5.41, 5.74) is 0.523. The zero-order valence-electron chi connectivity index (χ0n) is 9.23. The molecular weight excluding hydrogens is 208 g/mol. The van der Waals surface area contributed by atoms with E-state index in [1.807, 2.05) is 11.5 Å². The number of aromatic nitrogens is 4. The predicted octanol–water partition coefficient (Wildman–Crippen LogP) is -0.391. The number of hydrogen-bond donors (Lipinski definition) is 0. The van der Waals surface area contributed by atoms with Gasteiger partial charge in [0.25, 0.3) is 5.56 Å². The van der Waals surface area contributed by atoms with Gasteiger partial charge in [-0.3, -0.25) is 13.9 Å². The molecule has 0 saturated heterocycles. The molecule has 0 saturated carbocycles. The van der Waals surface area contributed by atoms with Crippen LogP contribution in [0.4, 0.5) is 0 Å². The van der Waals surface area contributed by atoms with Crippen molar-refractivity contribution in [3.05, 3.63) is 26.7 Å². The summed E-state index contributed by atoms with van der Waals surface area (Å²) in [5, 5.41) is 0. The van der Waals surface area contributed by atoms with Gasteiger partial charge in [-0.15, -0.1) is 0 Å². The molecule has 16 heavy (non-hydrogen) atoms. The normalized spacial score (nSPS) is 14.6. The van der Waals surface area contributed by atoms with E-state index in [0.29, 0.717) is 17.7 Å². The number of nitrogens with zero attached hydrogens (tertiary/aromatic N) is 4. The van der Waals surface area contributed by atoms with Crippen molar-refractivity contribution < 1.29 is 0 Å². The predicted molar refractivity (Wildman–Crippen MR) is 58.6 cm³/mol. The summed E-state index contributed by atoms with van der Waals surface area (Å²) in [5.74, 6) is 0.797. The van der Waals surface area contributed by atoms with Crippen LogP contribution in [-0.4, -0.2) is 18.7 Å². The Bertz CT molecular complexity index is 704. The molecule has 0 atom stereocenters. The topological polar surface area (TPSA) is 61.8 Å². The highest BCUT2D eigenvalue weighted by Gasteiger charge is 2.20. The maximum Gasteiger partial charge on any atom is 0.332 e. The van der Waals surface area contributed by atoms with E-state index in [2.05, 4.69) is 4.98 Å². The summed E-state index contributed by atoms with van der Waals surface area (Å²) >= 11 is 0. The lowest BCUT2D eigenvalue weighted by Crippen LogP contribution is -2.40. The third kappa shape index (κ3) is 0.937. The molecule has 0 N–H and O–H groups in total. The second-order valence-electron chi connectivity index (χ2n) is 4.13. The average Bonchev–Trinajstić information content (AvgIpc) is 2.63. The van der Waals surface area contributed by atoms with Crippen LogP contribution in [0.2, 0.25) is 0 Å². The number of rotatable bonds is 0. The third-order valence-corrected chi connectivity index (χ3v) is 3.18. The SMILES string of the molecule is Cc1nc2c(=O)n(C)c(=O)n3c2n1CCC3. The summed E-state index contributed by atoms with van der Waals surface area (Å²) < 4.78 is 4.71. The van der Waals surface area contributed by atoms with E-state index in [0.717, 1.165) is 23.4 Å². The Kier molecular flexibility index (Phi) is 1.66. The lowest BCUT2D eigenvalue weighted by molar-refractivity contribution is 0.492. The van der Waals surface area contributed by atoms with E-state index < -0.39 is 0 Å². The molecule has 1 aliphatic rings. The van der Waals surface area contributed by atoms with Gasteiger partial charge in [-0.2, -0.15) is 0 Å². The molecule has 0 amide bonds. The minimum atomic E-state index is -0.306. The van der Waals surface area contributed by atoms with Gasteiger partial charge >= 0.3 is 5.69 Å². The molecule has 2 aromatic rings. The first-order valence-corrected chi connectivity index (χ1v) is 5.28. The Morgan fingerprint density at radius 3 is 2.62 bits per heavy atom. The molecule has 0 radical (unpaired) electrons. The highest BCUT2D eigenvalue weighted by molar-refractivity contribution is 5.71. The zero-order valence-corrected chi connectivity index (χ0v) is 9.23. The van der Waals surface area contributed by atoms with E-state index >= 15 is 0 Å². The fourth-order valence-corrected chi connectivity index (χ4v) is 2.34. The summed E-state index contributed by atoms with van der Waals surface area (Å²) in [6.45, 7) is 3.35. The number of hydrogen-bond acceptors (Lipinski definition) is 3. The number of imidazole rings is 1. The van der Waals surface area contributed by atoms with E-state index in [4.69, 9.17) is 0 Å². The molecule has 6 nitrogen and oxygen atoms in total. The molecule has 0 unspecified atom stereocenters. The van der Waals surface area contributed by atoms with Crippen LogP contribution in [0.1, 0.15) is 12.2 Å². The fourth-order valence-electron chi connectivity index (χ4n) is 2.34. The van der Waals surface area contributed by atoms with Crippen molar-refractivity contribution in [1.29, 1.82) is 0 Å². The molecular formula is C10H12N4O2. The lowest BCUT2D eigenvalue weighted by atomic mass is 10.3. The van der Waals surface area contributed by atoms with Crippen molar-refractivity contribution in [2.45, 2.75) is 26.4 Å². The van der Waals surface area contributed by atoms with Crippen molar-refractivity contribution in [2.24, 2.45) is 7.05 Å². The summed E-state index contributed by atoms with van der Waals surface area (Å²) in [4.78, 5) is 28.1. The third-order valence-electron chi connectivity index (χ3n) is 3.18. The van der Waals surface area contributed by atoms with Gasteiger partial charge in [0.2, 0.25) is 0 Å². The Morgan fingerprint density at radius 1 is 1.19 bits per heavy atom. The Morgan fingerprint density at radius 2 is 1.88 bits per heavy atom. The van der Waals surface area contributed by atoms with Crippen molar-refractivity contribution in [3.63, 3.8) is 0 Å². The first-order chi connectivity index (χ1) is 7.61. The summed E-state index contributed by atoms with van der Waals surface area (Å²) in [6, 6.07) is 0.